The molecule has 0 saturated carbocycles. The number of nitrogens with zero attached hydrogens (tertiary/aromatic N) is 4. The minimum absolute atomic E-state index is 0.174. The Morgan fingerprint density at radius 3 is 2.62 bits per heavy atom. The van der Waals surface area contributed by atoms with E-state index in [2.05, 4.69) is 44.9 Å². The number of carbonyl (C=O) groups is 2. The van der Waals surface area contributed by atoms with E-state index in [1.807, 2.05) is 23.1 Å². The van der Waals surface area contributed by atoms with Crippen LogP contribution in [0.2, 0.25) is 5.15 Å². The Morgan fingerprint density at radius 1 is 1.22 bits per heavy atom. The molecule has 0 spiro atoms. The molecule has 1 fully saturated rings. The number of nitrogens with one attached hydrogen (secondary N) is 2. The van der Waals surface area contributed by atoms with Gasteiger partial charge in [0, 0.05) is 31.7 Å². The Labute approximate surface area is 195 Å². The largest absolute Gasteiger partial charge is 0.355 e. The lowest BCUT2D eigenvalue weighted by molar-refractivity contribution is -0.122. The second-order valence-corrected chi connectivity index (χ2v) is 9.14. The van der Waals surface area contributed by atoms with Gasteiger partial charge in [-0.2, -0.15) is 4.37 Å². The van der Waals surface area contributed by atoms with Crippen LogP contribution in [0.1, 0.15) is 41.3 Å². The summed E-state index contributed by atoms with van der Waals surface area (Å²) < 4.78 is 4.08. The summed E-state index contributed by atoms with van der Waals surface area (Å²) in [6, 6.07) is 9.44. The van der Waals surface area contributed by atoms with Gasteiger partial charge in [0.2, 0.25) is 11.0 Å². The quantitative estimate of drug-likeness (QED) is 0.535. The summed E-state index contributed by atoms with van der Waals surface area (Å²) in [6.07, 6.45) is 2.92. The van der Waals surface area contributed by atoms with E-state index in [0.29, 0.717) is 18.8 Å². The van der Waals surface area contributed by atoms with E-state index < -0.39 is 5.41 Å². The topological polar surface area (TPSA) is 100 Å². The number of benzene rings is 1. The Balaban J connectivity index is 1.73. The number of hydrogen-bond donors (Lipinski definition) is 2. The molecule has 4 rings (SSSR count). The van der Waals surface area contributed by atoms with E-state index in [0.717, 1.165) is 16.3 Å². The zero-order valence-electron chi connectivity index (χ0n) is 17.9. The van der Waals surface area contributed by atoms with E-state index in [9.17, 15) is 9.59 Å². The van der Waals surface area contributed by atoms with Crippen LogP contribution in [-0.4, -0.2) is 46.3 Å². The third-order valence-corrected chi connectivity index (χ3v) is 6.60. The minimum atomic E-state index is -0.813. The van der Waals surface area contributed by atoms with Gasteiger partial charge in [-0.15, -0.1) is 0 Å². The predicted octanol–water partition coefficient (Wildman–Crippen LogP) is 3.47. The van der Waals surface area contributed by atoms with Crippen molar-refractivity contribution >= 4 is 45.8 Å². The Hall–Kier alpha value is -3.04. The van der Waals surface area contributed by atoms with E-state index in [1.54, 1.807) is 0 Å². The lowest BCUT2D eigenvalue weighted by Gasteiger charge is -2.49. The summed E-state index contributed by atoms with van der Waals surface area (Å²) in [7, 11) is 1.52. The molecule has 1 aliphatic rings. The van der Waals surface area contributed by atoms with Crippen LogP contribution in [0.15, 0.2) is 42.9 Å². The van der Waals surface area contributed by atoms with Gasteiger partial charge in [-0.1, -0.05) is 49.7 Å². The normalized spacial score (nSPS) is 14.7. The van der Waals surface area contributed by atoms with Crippen LogP contribution in [0.4, 0.5) is 10.8 Å². The highest BCUT2D eigenvalue weighted by Gasteiger charge is 2.52. The number of hydrogen-bond acceptors (Lipinski definition) is 7. The third kappa shape index (κ3) is 3.93. The fourth-order valence-corrected chi connectivity index (χ4v) is 4.70. The Kier molecular flexibility index (Phi) is 6.12. The second-order valence-electron chi connectivity index (χ2n) is 7.99. The van der Waals surface area contributed by atoms with Crippen molar-refractivity contribution in [2.45, 2.75) is 25.2 Å². The SMILES string of the molecule is CNC(=O)c1cc(Cl)ncc1NC(=O)C1(c2ccccc2C(C)C)CN(c2ncns2)C1. The number of carbonyl (C=O) groups excluding carboxylic acids is 2. The lowest BCUT2D eigenvalue weighted by atomic mass is 9.70. The molecule has 1 aromatic carbocycles. The molecule has 32 heavy (non-hydrogen) atoms. The summed E-state index contributed by atoms with van der Waals surface area (Å²) in [4.78, 5) is 36.5. The maximum absolute atomic E-state index is 13.8. The van der Waals surface area contributed by atoms with Gasteiger partial charge in [0.1, 0.15) is 16.9 Å². The second kappa shape index (κ2) is 8.84. The third-order valence-electron chi connectivity index (χ3n) is 5.67. The first-order valence-electron chi connectivity index (χ1n) is 10.2. The van der Waals surface area contributed by atoms with Crippen LogP contribution in [-0.2, 0) is 10.2 Å². The molecule has 0 atom stereocenters. The molecule has 0 unspecified atom stereocenters. The van der Waals surface area contributed by atoms with Crippen molar-refractivity contribution in [2.24, 2.45) is 0 Å². The number of aromatic nitrogens is 3. The Morgan fingerprint density at radius 2 is 1.97 bits per heavy atom. The summed E-state index contributed by atoms with van der Waals surface area (Å²) in [5.41, 5.74) is 1.84. The molecule has 0 aliphatic carbocycles. The fraction of sp³-hybridized carbons (Fsp3) is 0.318. The number of amides is 2. The summed E-state index contributed by atoms with van der Waals surface area (Å²) in [5.74, 6) is -0.323. The van der Waals surface area contributed by atoms with Gasteiger partial charge >= 0.3 is 0 Å². The van der Waals surface area contributed by atoms with Crippen molar-refractivity contribution in [1.29, 1.82) is 0 Å². The molecule has 2 aromatic heterocycles. The van der Waals surface area contributed by atoms with Gasteiger partial charge in [0.25, 0.3) is 5.91 Å². The van der Waals surface area contributed by atoms with Crippen molar-refractivity contribution in [3.8, 4) is 0 Å². The van der Waals surface area contributed by atoms with Crippen molar-refractivity contribution in [3.63, 3.8) is 0 Å². The predicted molar refractivity (Wildman–Crippen MR) is 126 cm³/mol. The Bertz CT molecular complexity index is 1150. The standard InChI is InChI=1S/C22H23ClN6O2S/c1-13(2)14-6-4-5-7-16(14)22(10-29(11-22)21-26-12-27-32-21)20(31)28-17-9-25-18(23)8-15(17)19(30)24-3/h4-9,12-13H,10-11H2,1-3H3,(H,24,30)(H,28,31). The van der Waals surface area contributed by atoms with Crippen LogP contribution < -0.4 is 15.5 Å². The van der Waals surface area contributed by atoms with Crippen LogP contribution >= 0.6 is 23.1 Å². The summed E-state index contributed by atoms with van der Waals surface area (Å²) >= 11 is 7.28. The molecule has 0 radical (unpaired) electrons. The van der Waals surface area contributed by atoms with Crippen LogP contribution in [0, 0.1) is 0 Å². The molecule has 1 saturated heterocycles. The minimum Gasteiger partial charge on any atom is -0.355 e. The van der Waals surface area contributed by atoms with E-state index in [1.165, 1.54) is 37.2 Å². The summed E-state index contributed by atoms with van der Waals surface area (Å²) in [6.45, 7) is 5.12. The van der Waals surface area contributed by atoms with Gasteiger partial charge in [0.05, 0.1) is 17.4 Å². The first-order valence-corrected chi connectivity index (χ1v) is 11.3. The number of rotatable bonds is 6. The van der Waals surface area contributed by atoms with E-state index in [4.69, 9.17) is 11.6 Å². The van der Waals surface area contributed by atoms with E-state index >= 15 is 0 Å². The molecule has 8 nitrogen and oxygen atoms in total. The molecule has 166 valence electrons. The smallest absolute Gasteiger partial charge is 0.253 e. The highest BCUT2D eigenvalue weighted by atomic mass is 35.5. The summed E-state index contributed by atoms with van der Waals surface area (Å²) in [5, 5.41) is 6.46. The molecule has 2 N–H and O–H groups in total. The molecule has 1 aliphatic heterocycles. The van der Waals surface area contributed by atoms with Gasteiger partial charge in [-0.25, -0.2) is 9.97 Å². The molecule has 3 heterocycles. The van der Waals surface area contributed by atoms with Crippen LogP contribution in [0.3, 0.4) is 0 Å². The van der Waals surface area contributed by atoms with Gasteiger partial charge in [-0.05, 0) is 23.1 Å². The van der Waals surface area contributed by atoms with E-state index in [-0.39, 0.29) is 28.4 Å². The van der Waals surface area contributed by atoms with Crippen molar-refractivity contribution in [3.05, 3.63) is 64.7 Å². The highest BCUT2D eigenvalue weighted by Crippen LogP contribution is 2.42. The van der Waals surface area contributed by atoms with Crippen molar-refractivity contribution in [1.82, 2.24) is 19.7 Å². The van der Waals surface area contributed by atoms with Gasteiger partial charge in [0.15, 0.2) is 0 Å². The number of pyridine rings is 1. The van der Waals surface area contributed by atoms with Crippen molar-refractivity contribution < 1.29 is 9.59 Å². The molecule has 2 amide bonds. The average molecular weight is 471 g/mol. The van der Waals surface area contributed by atoms with Gasteiger partial charge < -0.3 is 15.5 Å². The molecular formula is C22H23ClN6O2S. The number of halogens is 1. The zero-order valence-corrected chi connectivity index (χ0v) is 19.5. The molecule has 3 aromatic rings. The fourth-order valence-electron chi connectivity index (χ4n) is 4.01. The lowest BCUT2D eigenvalue weighted by Crippen LogP contribution is -2.65. The molecule has 10 heteroatoms. The van der Waals surface area contributed by atoms with Crippen LogP contribution in [0.25, 0.3) is 0 Å². The maximum atomic E-state index is 13.8. The van der Waals surface area contributed by atoms with Crippen molar-refractivity contribution in [2.75, 3.05) is 30.4 Å². The average Bonchev–Trinajstić information content (AvgIpc) is 3.28. The zero-order chi connectivity index (χ0) is 22.9. The monoisotopic (exact) mass is 470 g/mol. The number of anilines is 2. The highest BCUT2D eigenvalue weighted by molar-refractivity contribution is 7.09. The molecule has 0 bridgehead atoms. The van der Waals surface area contributed by atoms with Crippen LogP contribution in [0.5, 0.6) is 0 Å². The molecular weight excluding hydrogens is 448 g/mol. The first-order chi connectivity index (χ1) is 15.4. The first kappa shape index (κ1) is 22.2. The maximum Gasteiger partial charge on any atom is 0.253 e. The van der Waals surface area contributed by atoms with Gasteiger partial charge in [-0.3, -0.25) is 9.59 Å².